The second-order valence-electron chi connectivity index (χ2n) is 25.5. The molecule has 1 aliphatic rings. The molecule has 0 N–H and O–H groups in total. The molecule has 0 spiro atoms. The smallest absolute Gasteiger partial charge is 0.367 e. The molecular formula is C72H74B9F4O35S5-5. The van der Waals surface area contributed by atoms with Crippen molar-refractivity contribution in [3.63, 3.8) is 0 Å². The first-order valence-corrected chi connectivity index (χ1v) is 43.9. The Bertz CT molecular complexity index is 5070. The molecule has 53 heteroatoms. The molecule has 662 valence electrons. The van der Waals surface area contributed by atoms with Gasteiger partial charge in [0.05, 0.1) is 165 Å². The normalized spacial score (nSPS) is 13.3. The van der Waals surface area contributed by atoms with Crippen LogP contribution in [0, 0.1) is 5.92 Å². The fourth-order valence-corrected chi connectivity index (χ4v) is 11.2. The van der Waals surface area contributed by atoms with E-state index in [9.17, 15) is 130 Å². The van der Waals surface area contributed by atoms with Crippen LogP contribution in [0.1, 0.15) is 147 Å². The van der Waals surface area contributed by atoms with Crippen LogP contribution < -0.4 is 0 Å². The van der Waals surface area contributed by atoms with E-state index < -0.39 is 190 Å². The van der Waals surface area contributed by atoms with Crippen molar-refractivity contribution < 1.29 is 178 Å². The summed E-state index contributed by atoms with van der Waals surface area (Å²) in [6.45, 7) is -7.73. The number of rotatable bonds is 42. The number of ether oxygens (including phenoxy) is 10. The van der Waals surface area contributed by atoms with Crippen LogP contribution in [0.2, 0.25) is 0 Å². The Morgan fingerprint density at radius 1 is 0.352 bits per heavy atom. The van der Waals surface area contributed by atoms with Crippen molar-refractivity contribution in [1.29, 1.82) is 0 Å². The minimum Gasteiger partial charge on any atom is -0.748 e. The van der Waals surface area contributed by atoms with Crippen LogP contribution in [0.3, 0.4) is 0 Å². The van der Waals surface area contributed by atoms with Crippen LogP contribution in [0.5, 0.6) is 0 Å². The lowest BCUT2D eigenvalue weighted by Gasteiger charge is -2.27. The molecule has 0 saturated heterocycles. The zero-order chi connectivity index (χ0) is 94.7. The Morgan fingerprint density at radius 2 is 0.768 bits per heavy atom. The fraction of sp³-hybridized carbons (Fsp3) is 0.444. The average Bonchev–Trinajstić information content (AvgIpc) is 0.812. The molecule has 0 amide bonds. The fourth-order valence-electron chi connectivity index (χ4n) is 9.93. The summed E-state index contributed by atoms with van der Waals surface area (Å²) >= 11 is 0. The molecule has 0 aromatic heterocycles. The van der Waals surface area contributed by atoms with E-state index in [1.165, 1.54) is 18.2 Å². The molecule has 35 nitrogen and oxygen atoms in total. The molecule has 5 aromatic rings. The van der Waals surface area contributed by atoms with E-state index in [4.69, 9.17) is 89.6 Å². The Kier molecular flexibility index (Phi) is 48.8. The number of alkyl halides is 4. The van der Waals surface area contributed by atoms with E-state index in [1.54, 1.807) is 72.8 Å². The van der Waals surface area contributed by atoms with Crippen molar-refractivity contribution in [3.8, 4) is 0 Å². The van der Waals surface area contributed by atoms with Crippen LogP contribution in [0.15, 0.2) is 97.1 Å². The maximum Gasteiger partial charge on any atom is 0.367 e. The first-order valence-electron chi connectivity index (χ1n) is 36.4. The summed E-state index contributed by atoms with van der Waals surface area (Å²) in [5.74, 6) is -11.2. The van der Waals surface area contributed by atoms with Crippen LogP contribution in [-0.2, 0) is 179 Å². The van der Waals surface area contributed by atoms with Crippen LogP contribution in [0.4, 0.5) is 17.6 Å². The second-order valence-corrected chi connectivity index (χ2v) is 33.1. The summed E-state index contributed by atoms with van der Waals surface area (Å²) in [7, 11) is 25.1. The van der Waals surface area contributed by atoms with Crippen molar-refractivity contribution in [2.24, 2.45) is 5.92 Å². The van der Waals surface area contributed by atoms with Crippen molar-refractivity contribution in [2.75, 3.05) is 76.7 Å². The van der Waals surface area contributed by atoms with Gasteiger partial charge in [-0.3, -0.25) is 14.4 Å². The Balaban J connectivity index is 0.000000532. The van der Waals surface area contributed by atoms with E-state index in [-0.39, 0.29) is 100 Å². The first-order chi connectivity index (χ1) is 58.4. The number of carbonyl (C=O) groups excluding carboxylic acids is 10. The summed E-state index contributed by atoms with van der Waals surface area (Å²) in [6.07, 6.45) is 2.76. The third-order valence-electron chi connectivity index (χ3n) is 16.4. The molecule has 0 aliphatic heterocycles. The lowest BCUT2D eigenvalue weighted by molar-refractivity contribution is -0.153. The maximum absolute atomic E-state index is 12.9. The summed E-state index contributed by atoms with van der Waals surface area (Å²) < 4.78 is 253. The summed E-state index contributed by atoms with van der Waals surface area (Å²) in [4.78, 5) is 117. The number of carbonyl (C=O) groups is 10. The van der Waals surface area contributed by atoms with Gasteiger partial charge in [-0.05, 0) is 91.3 Å². The number of hydrogen-bond acceptors (Lipinski definition) is 35. The Labute approximate surface area is 730 Å². The van der Waals surface area contributed by atoms with Crippen molar-refractivity contribution in [1.82, 2.24) is 0 Å². The molecule has 18 radical (unpaired) electrons. The Hall–Kier alpha value is -9.35. The van der Waals surface area contributed by atoms with Gasteiger partial charge in [0.15, 0.2) is 46.7 Å². The van der Waals surface area contributed by atoms with E-state index in [1.807, 2.05) is 6.07 Å². The highest BCUT2D eigenvalue weighted by Gasteiger charge is 2.41. The average molecular weight is 1830 g/mol. The van der Waals surface area contributed by atoms with E-state index in [2.05, 4.69) is 28.4 Å². The van der Waals surface area contributed by atoms with E-state index in [0.717, 1.165) is 22.3 Å². The molecular weight excluding hydrogens is 1760 g/mol. The molecule has 1 fully saturated rings. The molecule has 125 heavy (non-hydrogen) atoms. The minimum absolute atomic E-state index is 0.0128. The number of benzene rings is 5. The Morgan fingerprint density at radius 3 is 1.20 bits per heavy atom. The summed E-state index contributed by atoms with van der Waals surface area (Å²) in [6, 6.07) is 25.8. The topological polar surface area (TPSA) is 549 Å². The zero-order valence-electron chi connectivity index (χ0n) is 66.2. The van der Waals surface area contributed by atoms with Crippen LogP contribution >= 0.6 is 0 Å². The lowest BCUT2D eigenvalue weighted by Crippen LogP contribution is -2.35. The third-order valence-corrected chi connectivity index (χ3v) is 20.1. The van der Waals surface area contributed by atoms with Gasteiger partial charge in [0.1, 0.15) is 32.5 Å². The van der Waals surface area contributed by atoms with E-state index in [0.29, 0.717) is 76.5 Å². The molecule has 0 bridgehead atoms. The molecule has 0 heterocycles. The van der Waals surface area contributed by atoms with Crippen LogP contribution in [-0.4, -0.2) is 288 Å². The largest absolute Gasteiger partial charge is 0.748 e. The van der Waals surface area contributed by atoms with Crippen LogP contribution in [0.25, 0.3) is 0 Å². The quantitative estimate of drug-likeness (QED) is 0.0129. The van der Waals surface area contributed by atoms with Gasteiger partial charge in [-0.1, -0.05) is 145 Å². The first kappa shape index (κ1) is 112. The van der Waals surface area contributed by atoms with Gasteiger partial charge in [0.2, 0.25) is 0 Å². The lowest BCUT2D eigenvalue weighted by atomic mass is 9.81. The van der Waals surface area contributed by atoms with Gasteiger partial charge in [-0.15, -0.1) is 0 Å². The van der Waals surface area contributed by atoms with Gasteiger partial charge in [0.25, 0.3) is 0 Å². The van der Waals surface area contributed by atoms with Crippen molar-refractivity contribution >= 4 is 181 Å². The highest BCUT2D eigenvalue weighted by Crippen LogP contribution is 2.30. The minimum atomic E-state index is -6.00. The van der Waals surface area contributed by atoms with Crippen molar-refractivity contribution in [2.45, 2.75) is 118 Å². The molecule has 5 aromatic carbocycles. The van der Waals surface area contributed by atoms with Gasteiger partial charge in [-0.2, -0.15) is 17.6 Å². The molecule has 0 unspecified atom stereocenters. The van der Waals surface area contributed by atoms with Gasteiger partial charge in [0, 0.05) is 6.42 Å². The SMILES string of the molecule is [B]Cc1cc(C[B])c(C[B])c(C(=O)OC2CCC(C(=O)OCCS(=O)(=O)[O-])CC2)c1.[B]Cc1cc(C[B])c(C[B])c(C(=O)OCC(=O)OCC(F)(F)S(=O)(=O)[O-])c1.[B]Cc1ccc(C(=O)OCCCC(=O)OCCS(=O)(=O)[O-])cc1.[B]Cc1cccc(C(=O)OCCC(=O)OCCS(=O)(=O)[O-])c1.[B]Cc1ccccc1C(=O)OCC(=O)OCC(F)(F)S(=O)(=O)[O-]. The van der Waals surface area contributed by atoms with Gasteiger partial charge >= 0.3 is 70.2 Å². The maximum atomic E-state index is 12.9. The summed E-state index contributed by atoms with van der Waals surface area (Å²) in [5.41, 5.74) is 6.79. The molecule has 1 aliphatic carbocycles. The predicted molar refractivity (Wildman–Crippen MR) is 431 cm³/mol. The number of halogens is 4. The van der Waals surface area contributed by atoms with Crippen molar-refractivity contribution in [3.05, 3.63) is 175 Å². The summed E-state index contributed by atoms with van der Waals surface area (Å²) in [5, 5.41) is -9.57. The molecule has 1 saturated carbocycles. The number of esters is 10. The molecule has 6 rings (SSSR count). The highest BCUT2D eigenvalue weighted by atomic mass is 32.2. The van der Waals surface area contributed by atoms with Gasteiger partial charge in [-0.25, -0.2) is 75.7 Å². The third kappa shape index (κ3) is 43.1. The monoisotopic (exact) mass is 1830 g/mol. The standard InChI is InChI=1S/C19H23B3O7S.C14H13B3F2O7S.C14H17BO7S.C13H15BO7S.C12H11BF2O7S/c20-9-12-7-14(10-21)17(11-22)16(8-12)19(24)29-15-3-1-13(2-4-15)18(23)28-5-6-30(25,26)27;15-3-8-1-9(4-16)11(5-17)10(2-8)13(21)25-6-12(20)26-7-14(18,19)27(22,23)24;15-10-11-3-5-12(6-4-11)14(17)22-7-1-2-13(16)21-8-9-23(18,19)20;14-9-10-2-1-3-11(8-10)13(16)21-5-4-12(15)20-6-7-22(17,18)19;13-5-8-3-1-2-4-9(8)11(17)21-6-10(16)22-7-12(14,15)23(18,19)20/h7-8,13,15H,1-6,9-11H2,(H,25,26,27);1-2H,3-7H2,(H,22,23,24);3-6H,1-2,7-10H2,(H,18,19,20);1-3,8H,4-7,9H2,(H,17,18,19);1-4H,5-7H2,(H,18,19,20)/p-5. The highest BCUT2D eigenvalue weighted by molar-refractivity contribution is 7.87. The van der Waals surface area contributed by atoms with E-state index >= 15 is 0 Å². The number of hydrogen-bond donors (Lipinski definition) is 0. The zero-order valence-corrected chi connectivity index (χ0v) is 70.3. The second kappa shape index (κ2) is 54.6. The predicted octanol–water partition coefficient (Wildman–Crippen LogP) is 0.590. The van der Waals surface area contributed by atoms with Gasteiger partial charge < -0.3 is 70.1 Å². The molecule has 0 atom stereocenters.